The van der Waals surface area contributed by atoms with Crippen LogP contribution in [0.25, 0.3) is 0 Å². The Labute approximate surface area is 99.0 Å². The topological polar surface area (TPSA) is 110 Å². The lowest BCUT2D eigenvalue weighted by molar-refractivity contribution is -0.139. The van der Waals surface area contributed by atoms with Gasteiger partial charge in [0, 0.05) is 5.57 Å². The number of carboxylic acid groups (broad SMARTS) is 2. The molecule has 0 fully saturated rings. The number of allylic oxidation sites excluding steroid dienone is 1. The van der Waals surface area contributed by atoms with Crippen LogP contribution in [0.5, 0.6) is 0 Å². The highest BCUT2D eigenvalue weighted by Gasteiger charge is 2.10. The second-order valence-electron chi connectivity index (χ2n) is 3.29. The number of carboxylic acids is 2. The first-order chi connectivity index (χ1) is 7.59. The third-order valence-corrected chi connectivity index (χ3v) is 2.04. The van der Waals surface area contributed by atoms with E-state index in [4.69, 9.17) is 10.2 Å². The van der Waals surface area contributed by atoms with Crippen molar-refractivity contribution in [2.75, 3.05) is 0 Å². The fraction of sp³-hybridized carbons (Fsp3) is 0.167. The van der Waals surface area contributed by atoms with E-state index in [1.807, 2.05) is 30.3 Å². The molecule has 0 unspecified atom stereocenters. The molecule has 0 aliphatic carbocycles. The molecule has 92 valence electrons. The highest BCUT2D eigenvalue weighted by atomic mass is 16.4. The van der Waals surface area contributed by atoms with Crippen molar-refractivity contribution in [3.8, 4) is 0 Å². The van der Waals surface area contributed by atoms with E-state index >= 15 is 0 Å². The van der Waals surface area contributed by atoms with Gasteiger partial charge in [-0.05, 0) is 12.0 Å². The summed E-state index contributed by atoms with van der Waals surface area (Å²) in [5, 5.41) is 17.3. The van der Waals surface area contributed by atoms with Crippen LogP contribution >= 0.6 is 0 Å². The van der Waals surface area contributed by atoms with Crippen molar-refractivity contribution in [2.24, 2.45) is 0 Å². The average molecular weight is 237 g/mol. The van der Waals surface area contributed by atoms with Crippen LogP contribution in [-0.4, -0.2) is 22.2 Å². The molecule has 0 radical (unpaired) electrons. The first kappa shape index (κ1) is 14.9. The number of rotatable bonds is 5. The number of carbonyl (C=O) groups is 2. The Balaban J connectivity index is 0.00000256. The summed E-state index contributed by atoms with van der Waals surface area (Å²) in [6.07, 6.45) is 1.41. The molecule has 0 aliphatic heterocycles. The fourth-order valence-electron chi connectivity index (χ4n) is 1.25. The van der Waals surface area contributed by atoms with Crippen LogP contribution in [0, 0.1) is 0 Å². The van der Waals surface area contributed by atoms with Crippen LogP contribution in [0.15, 0.2) is 42.0 Å². The zero-order chi connectivity index (χ0) is 12.0. The Kier molecular flexibility index (Phi) is 6.28. The predicted octanol–water partition coefficient (Wildman–Crippen LogP) is 1.88. The molecule has 0 bridgehead atoms. The third-order valence-electron chi connectivity index (χ3n) is 2.04. The molecule has 0 saturated heterocycles. The van der Waals surface area contributed by atoms with Gasteiger partial charge < -0.3 is 16.4 Å². The number of hydrogen-bond donors (Lipinski definition) is 3. The second kappa shape index (κ2) is 7.19. The molecule has 0 aliphatic rings. The van der Waals surface area contributed by atoms with Crippen LogP contribution in [0.3, 0.4) is 0 Å². The zero-order valence-corrected chi connectivity index (χ0v) is 9.30. The molecule has 1 aromatic carbocycles. The minimum absolute atomic E-state index is 0. The summed E-state index contributed by atoms with van der Waals surface area (Å²) in [6, 6.07) is 9.28. The monoisotopic (exact) mass is 237 g/mol. The lowest BCUT2D eigenvalue weighted by atomic mass is 10.1. The van der Waals surface area contributed by atoms with Crippen LogP contribution in [0.4, 0.5) is 0 Å². The molecule has 17 heavy (non-hydrogen) atoms. The summed E-state index contributed by atoms with van der Waals surface area (Å²) < 4.78 is 0. The molecule has 1 aromatic rings. The minimum Gasteiger partial charge on any atom is -0.481 e. The van der Waals surface area contributed by atoms with Crippen molar-refractivity contribution in [2.45, 2.75) is 12.8 Å². The van der Waals surface area contributed by atoms with Gasteiger partial charge >= 0.3 is 11.9 Å². The number of benzene rings is 1. The lowest BCUT2D eigenvalue weighted by Gasteiger charge is -1.99. The Morgan fingerprint density at radius 1 is 1.12 bits per heavy atom. The van der Waals surface area contributed by atoms with Gasteiger partial charge in [0.1, 0.15) is 0 Å². The highest BCUT2D eigenvalue weighted by Crippen LogP contribution is 2.06. The van der Waals surface area contributed by atoms with Crippen LogP contribution in [0.2, 0.25) is 0 Å². The number of aliphatic carboxylic acids is 2. The van der Waals surface area contributed by atoms with E-state index in [-0.39, 0.29) is 11.7 Å². The largest absolute Gasteiger partial charge is 0.481 e. The van der Waals surface area contributed by atoms with E-state index in [0.29, 0.717) is 6.42 Å². The summed E-state index contributed by atoms with van der Waals surface area (Å²) in [5.74, 6) is -2.32. The summed E-state index contributed by atoms with van der Waals surface area (Å²) >= 11 is 0. The van der Waals surface area contributed by atoms with Gasteiger partial charge in [-0.1, -0.05) is 36.4 Å². The van der Waals surface area contributed by atoms with Crippen molar-refractivity contribution in [3.63, 3.8) is 0 Å². The molecule has 5 N–H and O–H groups in total. The van der Waals surface area contributed by atoms with Gasteiger partial charge in [-0.15, -0.1) is 0 Å². The molecular formula is C12H15NO4. The van der Waals surface area contributed by atoms with Crippen molar-refractivity contribution in [1.29, 1.82) is 0 Å². The second-order valence-corrected chi connectivity index (χ2v) is 3.29. The van der Waals surface area contributed by atoms with Gasteiger partial charge in [-0.3, -0.25) is 4.79 Å². The molecule has 0 atom stereocenters. The molecule has 0 heterocycles. The molecule has 0 saturated carbocycles. The molecule has 1 rings (SSSR count). The normalized spacial score (nSPS) is 10.5. The van der Waals surface area contributed by atoms with E-state index in [1.165, 1.54) is 6.08 Å². The molecule has 5 heteroatoms. The summed E-state index contributed by atoms with van der Waals surface area (Å²) in [4.78, 5) is 21.1. The van der Waals surface area contributed by atoms with E-state index in [1.54, 1.807) is 0 Å². The SMILES string of the molecule is N.O=C(O)CC(=CCc1ccccc1)C(=O)O. The standard InChI is InChI=1S/C12H12O4.H3N/c13-11(14)8-10(12(15)16)7-6-9-4-2-1-3-5-9;/h1-5,7H,6,8H2,(H,13,14)(H,15,16);1H3. The van der Waals surface area contributed by atoms with Crippen molar-refractivity contribution in [3.05, 3.63) is 47.5 Å². The van der Waals surface area contributed by atoms with Gasteiger partial charge in [0.05, 0.1) is 6.42 Å². The maximum atomic E-state index is 10.7. The highest BCUT2D eigenvalue weighted by molar-refractivity contribution is 5.92. The fourth-order valence-corrected chi connectivity index (χ4v) is 1.25. The average Bonchev–Trinajstić information content (AvgIpc) is 2.25. The maximum Gasteiger partial charge on any atom is 0.331 e. The van der Waals surface area contributed by atoms with Crippen molar-refractivity contribution < 1.29 is 19.8 Å². The zero-order valence-electron chi connectivity index (χ0n) is 9.30. The maximum absolute atomic E-state index is 10.7. The first-order valence-electron chi connectivity index (χ1n) is 4.77. The van der Waals surface area contributed by atoms with E-state index in [0.717, 1.165) is 5.56 Å². The molecule has 5 nitrogen and oxygen atoms in total. The number of hydrogen-bond acceptors (Lipinski definition) is 3. The van der Waals surface area contributed by atoms with Gasteiger partial charge in [0.25, 0.3) is 0 Å². The van der Waals surface area contributed by atoms with Crippen molar-refractivity contribution in [1.82, 2.24) is 6.15 Å². The first-order valence-corrected chi connectivity index (χ1v) is 4.77. The predicted molar refractivity (Wildman–Crippen MR) is 63.1 cm³/mol. The van der Waals surface area contributed by atoms with Crippen LogP contribution in [0.1, 0.15) is 12.0 Å². The van der Waals surface area contributed by atoms with Gasteiger partial charge in [0.15, 0.2) is 0 Å². The Bertz CT molecular complexity index is 412. The van der Waals surface area contributed by atoms with Gasteiger partial charge in [-0.25, -0.2) is 4.79 Å². The Hall–Kier alpha value is -2.14. The Morgan fingerprint density at radius 3 is 2.18 bits per heavy atom. The quantitative estimate of drug-likeness (QED) is 0.677. The van der Waals surface area contributed by atoms with E-state index in [2.05, 4.69) is 0 Å². The summed E-state index contributed by atoms with van der Waals surface area (Å²) in [5.41, 5.74) is 0.864. The van der Waals surface area contributed by atoms with Crippen LogP contribution < -0.4 is 6.15 Å². The van der Waals surface area contributed by atoms with E-state index in [9.17, 15) is 9.59 Å². The van der Waals surface area contributed by atoms with Gasteiger partial charge in [-0.2, -0.15) is 0 Å². The minimum atomic E-state index is -1.18. The van der Waals surface area contributed by atoms with E-state index < -0.39 is 18.4 Å². The summed E-state index contributed by atoms with van der Waals surface area (Å²) in [7, 11) is 0. The Morgan fingerprint density at radius 2 is 1.71 bits per heavy atom. The molecule has 0 aromatic heterocycles. The third kappa shape index (κ3) is 5.48. The van der Waals surface area contributed by atoms with Gasteiger partial charge in [0.2, 0.25) is 0 Å². The van der Waals surface area contributed by atoms with Crippen LogP contribution in [-0.2, 0) is 16.0 Å². The molecule has 0 amide bonds. The molecule has 0 spiro atoms. The smallest absolute Gasteiger partial charge is 0.331 e. The lowest BCUT2D eigenvalue weighted by Crippen LogP contribution is -2.07. The molecular weight excluding hydrogens is 222 g/mol. The summed E-state index contributed by atoms with van der Waals surface area (Å²) in [6.45, 7) is 0. The van der Waals surface area contributed by atoms with Crippen molar-refractivity contribution >= 4 is 11.9 Å².